The SMILES string of the molecule is CC(C)C(NC(=O)CCCCCN1C(=O)C=CC1=O)C(=O)N[C@@H](CCCNC(=O)O)C(=O)Nc1ccc(COC(=O)Nc2ccc(CO)cc2)cc1. The van der Waals surface area contributed by atoms with Crippen molar-refractivity contribution in [2.24, 2.45) is 5.92 Å². The Bertz CT molecular complexity index is 1580. The normalized spacial score (nSPS) is 13.3. The Balaban J connectivity index is 1.51. The van der Waals surface area contributed by atoms with E-state index in [9.17, 15) is 33.6 Å². The minimum absolute atomic E-state index is 0.0478. The highest BCUT2D eigenvalue weighted by atomic mass is 16.5. The quantitative estimate of drug-likeness (QED) is 0.0780. The maximum absolute atomic E-state index is 13.4. The van der Waals surface area contributed by atoms with Crippen LogP contribution in [0.4, 0.5) is 21.0 Å². The van der Waals surface area contributed by atoms with Gasteiger partial charge in [0.2, 0.25) is 17.7 Å². The van der Waals surface area contributed by atoms with Gasteiger partial charge >= 0.3 is 12.2 Å². The van der Waals surface area contributed by atoms with Crippen LogP contribution in [-0.4, -0.2) is 82.0 Å². The van der Waals surface area contributed by atoms with Crippen molar-refractivity contribution in [2.45, 2.75) is 77.7 Å². The van der Waals surface area contributed by atoms with Crippen LogP contribution in [0.3, 0.4) is 0 Å². The van der Waals surface area contributed by atoms with E-state index in [-0.39, 0.29) is 69.2 Å². The lowest BCUT2D eigenvalue weighted by molar-refractivity contribution is -0.137. The first kappa shape index (κ1) is 40.7. The third kappa shape index (κ3) is 13.9. The lowest BCUT2D eigenvalue weighted by atomic mass is 10.0. The zero-order valence-electron chi connectivity index (χ0n) is 29.2. The Morgan fingerprint density at radius 3 is 1.98 bits per heavy atom. The van der Waals surface area contributed by atoms with E-state index in [0.717, 1.165) is 4.90 Å². The van der Waals surface area contributed by atoms with Gasteiger partial charge in [-0.05, 0) is 67.0 Å². The fraction of sp³-hybridized carbons (Fsp3) is 0.417. The lowest BCUT2D eigenvalue weighted by Gasteiger charge is -2.25. The minimum Gasteiger partial charge on any atom is -0.465 e. The van der Waals surface area contributed by atoms with Gasteiger partial charge < -0.3 is 36.2 Å². The van der Waals surface area contributed by atoms with Crippen molar-refractivity contribution in [1.82, 2.24) is 20.9 Å². The Labute approximate surface area is 301 Å². The number of rotatable bonds is 20. The zero-order chi connectivity index (χ0) is 38.0. The first-order valence-corrected chi connectivity index (χ1v) is 17.0. The second-order valence-corrected chi connectivity index (χ2v) is 12.4. The van der Waals surface area contributed by atoms with Crippen LogP contribution >= 0.6 is 0 Å². The predicted molar refractivity (Wildman–Crippen MR) is 190 cm³/mol. The molecule has 2 aromatic carbocycles. The second kappa shape index (κ2) is 20.8. The van der Waals surface area contributed by atoms with Crippen molar-refractivity contribution < 1.29 is 48.5 Å². The van der Waals surface area contributed by atoms with Crippen LogP contribution in [0.2, 0.25) is 0 Å². The average molecular weight is 723 g/mol. The summed E-state index contributed by atoms with van der Waals surface area (Å²) in [6.07, 6.45) is 2.58. The van der Waals surface area contributed by atoms with E-state index in [1.54, 1.807) is 62.4 Å². The smallest absolute Gasteiger partial charge is 0.411 e. The molecule has 16 heteroatoms. The summed E-state index contributed by atoms with van der Waals surface area (Å²) in [5, 5.41) is 31.0. The molecule has 0 saturated carbocycles. The second-order valence-electron chi connectivity index (χ2n) is 12.4. The number of hydrogen-bond donors (Lipinski definition) is 7. The van der Waals surface area contributed by atoms with Crippen molar-refractivity contribution >= 4 is 53.1 Å². The molecule has 0 radical (unpaired) electrons. The van der Waals surface area contributed by atoms with Crippen LogP contribution in [0.25, 0.3) is 0 Å². The van der Waals surface area contributed by atoms with Gasteiger partial charge in [-0.25, -0.2) is 9.59 Å². The van der Waals surface area contributed by atoms with Gasteiger partial charge in [0.05, 0.1) is 6.61 Å². The van der Waals surface area contributed by atoms with Crippen molar-refractivity contribution in [3.05, 3.63) is 71.8 Å². The molecular formula is C36H46N6O10. The van der Waals surface area contributed by atoms with Gasteiger partial charge in [-0.2, -0.15) is 0 Å². The van der Waals surface area contributed by atoms with Gasteiger partial charge in [0, 0.05) is 43.0 Å². The fourth-order valence-electron chi connectivity index (χ4n) is 5.11. The number of carboxylic acid groups (broad SMARTS) is 1. The van der Waals surface area contributed by atoms with E-state index in [1.165, 1.54) is 12.2 Å². The molecule has 0 aromatic heterocycles. The van der Waals surface area contributed by atoms with Crippen LogP contribution in [0.1, 0.15) is 63.5 Å². The molecule has 0 bridgehead atoms. The van der Waals surface area contributed by atoms with Gasteiger partial charge in [-0.1, -0.05) is 44.5 Å². The van der Waals surface area contributed by atoms with E-state index < -0.39 is 36.1 Å². The molecule has 280 valence electrons. The summed E-state index contributed by atoms with van der Waals surface area (Å²) < 4.78 is 5.25. The summed E-state index contributed by atoms with van der Waals surface area (Å²) in [5.41, 5.74) is 2.23. The number of hydrogen-bond acceptors (Lipinski definition) is 9. The Morgan fingerprint density at radius 1 is 0.769 bits per heavy atom. The molecule has 52 heavy (non-hydrogen) atoms. The summed E-state index contributed by atoms with van der Waals surface area (Å²) >= 11 is 0. The molecule has 1 heterocycles. The third-order valence-corrected chi connectivity index (χ3v) is 8.00. The molecule has 2 atom stereocenters. The molecule has 7 amide bonds. The first-order chi connectivity index (χ1) is 24.9. The molecule has 16 nitrogen and oxygen atoms in total. The Kier molecular flexibility index (Phi) is 16.3. The van der Waals surface area contributed by atoms with Crippen LogP contribution in [-0.2, 0) is 41.9 Å². The number of benzene rings is 2. The molecule has 2 aromatic rings. The topological polar surface area (TPSA) is 233 Å². The van der Waals surface area contributed by atoms with Crippen molar-refractivity contribution in [3.63, 3.8) is 0 Å². The van der Waals surface area contributed by atoms with E-state index in [4.69, 9.17) is 14.9 Å². The molecule has 0 spiro atoms. The molecule has 1 unspecified atom stereocenters. The van der Waals surface area contributed by atoms with Gasteiger partial charge in [-0.15, -0.1) is 0 Å². The standard InChI is InChI=1S/C36H46N6O10/c1-23(2)32(41-29(44)8-4-3-5-20-42-30(45)17-18-31(42)46)34(48)40-28(7-6-19-37-35(49)50)33(47)38-26-15-11-25(12-16-26)22-52-36(51)39-27-13-9-24(21-43)10-14-27/h9-18,23,28,32,37,43H,3-8,19-22H2,1-2H3,(H,38,47)(H,39,51)(H,40,48)(H,41,44)(H,49,50)/t28-,32?/m0/s1. The summed E-state index contributed by atoms with van der Waals surface area (Å²) in [5.74, 6) is -2.55. The molecular weight excluding hydrogens is 676 g/mol. The summed E-state index contributed by atoms with van der Waals surface area (Å²) in [6, 6.07) is 11.1. The zero-order valence-corrected chi connectivity index (χ0v) is 29.2. The highest BCUT2D eigenvalue weighted by Gasteiger charge is 2.29. The molecule has 3 rings (SSSR count). The molecule has 1 aliphatic rings. The van der Waals surface area contributed by atoms with E-state index in [1.807, 2.05) is 0 Å². The summed E-state index contributed by atoms with van der Waals surface area (Å²) in [4.78, 5) is 87.0. The number of aliphatic hydroxyl groups is 1. The number of amides is 7. The number of imide groups is 1. The van der Waals surface area contributed by atoms with Gasteiger partial charge in [0.1, 0.15) is 18.7 Å². The number of unbranched alkanes of at least 4 members (excludes halogenated alkanes) is 2. The number of carbonyl (C=O) groups is 7. The first-order valence-electron chi connectivity index (χ1n) is 17.0. The maximum Gasteiger partial charge on any atom is 0.411 e. The number of nitrogens with zero attached hydrogens (tertiary/aromatic N) is 1. The summed E-state index contributed by atoms with van der Waals surface area (Å²) in [6.45, 7) is 3.64. The van der Waals surface area contributed by atoms with Crippen molar-refractivity contribution in [3.8, 4) is 0 Å². The summed E-state index contributed by atoms with van der Waals surface area (Å²) in [7, 11) is 0. The molecule has 0 fully saturated rings. The highest BCUT2D eigenvalue weighted by molar-refractivity contribution is 6.12. The van der Waals surface area contributed by atoms with Crippen LogP contribution in [0.15, 0.2) is 60.7 Å². The number of nitrogens with one attached hydrogen (secondary N) is 5. The third-order valence-electron chi connectivity index (χ3n) is 8.00. The molecule has 1 aliphatic heterocycles. The van der Waals surface area contributed by atoms with Gasteiger partial charge in [0.15, 0.2) is 0 Å². The van der Waals surface area contributed by atoms with Crippen LogP contribution in [0, 0.1) is 5.92 Å². The average Bonchev–Trinajstić information content (AvgIpc) is 3.43. The predicted octanol–water partition coefficient (Wildman–Crippen LogP) is 3.02. The molecule has 7 N–H and O–H groups in total. The van der Waals surface area contributed by atoms with Gasteiger partial charge in [-0.3, -0.25) is 34.2 Å². The largest absolute Gasteiger partial charge is 0.465 e. The van der Waals surface area contributed by atoms with Crippen molar-refractivity contribution in [2.75, 3.05) is 23.7 Å². The molecule has 0 saturated heterocycles. The van der Waals surface area contributed by atoms with Crippen molar-refractivity contribution in [1.29, 1.82) is 0 Å². The number of anilines is 2. The number of aliphatic hydroxyl groups excluding tert-OH is 1. The van der Waals surface area contributed by atoms with E-state index in [0.29, 0.717) is 41.8 Å². The lowest BCUT2D eigenvalue weighted by Crippen LogP contribution is -2.54. The van der Waals surface area contributed by atoms with Crippen LogP contribution in [0.5, 0.6) is 0 Å². The monoisotopic (exact) mass is 722 g/mol. The maximum atomic E-state index is 13.4. The highest BCUT2D eigenvalue weighted by Crippen LogP contribution is 2.15. The van der Waals surface area contributed by atoms with E-state index in [2.05, 4.69) is 26.6 Å². The number of ether oxygens (including phenoxy) is 1. The van der Waals surface area contributed by atoms with Crippen LogP contribution < -0.4 is 26.6 Å². The molecule has 0 aliphatic carbocycles. The minimum atomic E-state index is -1.22. The number of carbonyl (C=O) groups excluding carboxylic acids is 6. The van der Waals surface area contributed by atoms with Gasteiger partial charge in [0.25, 0.3) is 11.8 Å². The fourth-order valence-corrected chi connectivity index (χ4v) is 5.11. The van der Waals surface area contributed by atoms with E-state index >= 15 is 0 Å². The Morgan fingerprint density at radius 2 is 1.38 bits per heavy atom. The Hall–Kier alpha value is -5.77.